The Bertz CT molecular complexity index is 576. The van der Waals surface area contributed by atoms with Crippen molar-refractivity contribution in [2.45, 2.75) is 65.2 Å². The van der Waals surface area contributed by atoms with Crippen LogP contribution in [-0.2, 0) is 16.0 Å². The van der Waals surface area contributed by atoms with Crippen LogP contribution in [0.15, 0.2) is 30.9 Å². The third-order valence-corrected chi connectivity index (χ3v) is 4.71. The first kappa shape index (κ1) is 23.5. The van der Waals surface area contributed by atoms with E-state index >= 15 is 0 Å². The van der Waals surface area contributed by atoms with E-state index in [1.165, 1.54) is 0 Å². The summed E-state index contributed by atoms with van der Waals surface area (Å²) in [4.78, 5) is 0. The van der Waals surface area contributed by atoms with E-state index in [1.54, 1.807) is 6.08 Å². The molecule has 5 heteroatoms. The number of hydrogen-bond acceptors (Lipinski definition) is 5. The van der Waals surface area contributed by atoms with Crippen molar-refractivity contribution < 1.29 is 20.4 Å². The third-order valence-electron chi connectivity index (χ3n) is 4.71. The van der Waals surface area contributed by atoms with Gasteiger partial charge in [0.15, 0.2) is 11.5 Å². The zero-order chi connectivity index (χ0) is 20.3. The SMILES string of the molecule is C=CC.CC1(C)OCCCOc2ccc(CN)cc2OCCCOC1(C)C.[HH]. The Morgan fingerprint density at radius 1 is 0.963 bits per heavy atom. The van der Waals surface area contributed by atoms with Crippen molar-refractivity contribution in [3.05, 3.63) is 36.4 Å². The van der Waals surface area contributed by atoms with Gasteiger partial charge in [-0.25, -0.2) is 0 Å². The maximum absolute atomic E-state index is 6.07. The van der Waals surface area contributed by atoms with Crippen LogP contribution in [0.2, 0.25) is 0 Å². The number of fused-ring (bicyclic) bond motifs is 1. The highest BCUT2D eigenvalue weighted by Gasteiger charge is 2.38. The van der Waals surface area contributed by atoms with Crippen molar-refractivity contribution in [1.29, 1.82) is 0 Å². The third kappa shape index (κ3) is 7.53. The van der Waals surface area contributed by atoms with E-state index in [0.29, 0.717) is 33.0 Å². The molecule has 156 valence electrons. The van der Waals surface area contributed by atoms with Crippen LogP contribution in [-0.4, -0.2) is 37.6 Å². The van der Waals surface area contributed by atoms with Gasteiger partial charge in [-0.1, -0.05) is 12.1 Å². The van der Waals surface area contributed by atoms with Gasteiger partial charge in [0.05, 0.1) is 37.6 Å². The first-order valence-corrected chi connectivity index (χ1v) is 9.71. The average molecular weight is 382 g/mol. The largest absolute Gasteiger partial charge is 0.490 e. The molecular formula is C22H39NO4. The fraction of sp³-hybridized carbons (Fsp3) is 0.636. The highest BCUT2D eigenvalue weighted by molar-refractivity contribution is 5.43. The lowest BCUT2D eigenvalue weighted by Gasteiger charge is -2.41. The van der Waals surface area contributed by atoms with Gasteiger partial charge in [0.25, 0.3) is 0 Å². The van der Waals surface area contributed by atoms with Crippen molar-refractivity contribution in [1.82, 2.24) is 0 Å². The van der Waals surface area contributed by atoms with E-state index < -0.39 is 0 Å². The first-order chi connectivity index (χ1) is 12.8. The molecule has 0 saturated heterocycles. The van der Waals surface area contributed by atoms with Crippen molar-refractivity contribution >= 4 is 0 Å². The van der Waals surface area contributed by atoms with Gasteiger partial charge in [0.1, 0.15) is 0 Å². The van der Waals surface area contributed by atoms with E-state index in [9.17, 15) is 0 Å². The molecule has 0 saturated carbocycles. The molecule has 27 heavy (non-hydrogen) atoms. The van der Waals surface area contributed by atoms with E-state index in [-0.39, 0.29) is 12.6 Å². The summed E-state index contributed by atoms with van der Waals surface area (Å²) >= 11 is 0. The quantitative estimate of drug-likeness (QED) is 0.713. The monoisotopic (exact) mass is 381 g/mol. The molecule has 0 bridgehead atoms. The van der Waals surface area contributed by atoms with Crippen LogP contribution in [0.5, 0.6) is 11.5 Å². The Balaban J connectivity index is 0.00000171. The summed E-state index contributed by atoms with van der Waals surface area (Å²) in [5.74, 6) is 1.50. The number of nitrogens with two attached hydrogens (primary N) is 1. The summed E-state index contributed by atoms with van der Waals surface area (Å²) in [5.41, 5.74) is 6.00. The Kier molecular flexibility index (Phi) is 9.84. The van der Waals surface area contributed by atoms with E-state index in [1.807, 2.05) is 25.1 Å². The fourth-order valence-corrected chi connectivity index (χ4v) is 2.40. The van der Waals surface area contributed by atoms with Crippen molar-refractivity contribution in [3.8, 4) is 11.5 Å². The Morgan fingerprint density at radius 3 is 1.93 bits per heavy atom. The Morgan fingerprint density at radius 2 is 1.44 bits per heavy atom. The second kappa shape index (κ2) is 11.3. The molecule has 2 N–H and O–H groups in total. The van der Waals surface area contributed by atoms with Crippen LogP contribution in [0.25, 0.3) is 0 Å². The number of ether oxygens (including phenoxy) is 4. The van der Waals surface area contributed by atoms with Crippen LogP contribution in [0.3, 0.4) is 0 Å². The van der Waals surface area contributed by atoms with E-state index in [4.69, 9.17) is 24.7 Å². The molecule has 1 aromatic carbocycles. The van der Waals surface area contributed by atoms with Crippen molar-refractivity contribution in [2.24, 2.45) is 5.73 Å². The summed E-state index contributed by atoms with van der Waals surface area (Å²) in [6.07, 6.45) is 3.35. The van der Waals surface area contributed by atoms with Gasteiger partial charge in [0, 0.05) is 20.8 Å². The second-order valence-corrected chi connectivity index (χ2v) is 7.52. The predicted octanol–water partition coefficient (Wildman–Crippen LogP) is 4.73. The van der Waals surface area contributed by atoms with E-state index in [2.05, 4.69) is 34.3 Å². The Hall–Kier alpha value is -1.56. The second-order valence-electron chi connectivity index (χ2n) is 7.52. The van der Waals surface area contributed by atoms with Gasteiger partial charge in [-0.3, -0.25) is 0 Å². The molecule has 0 atom stereocenters. The van der Waals surface area contributed by atoms with Crippen molar-refractivity contribution in [2.75, 3.05) is 26.4 Å². The lowest BCUT2D eigenvalue weighted by atomic mass is 9.89. The number of rotatable bonds is 1. The molecule has 0 aromatic heterocycles. The normalized spacial score (nSPS) is 19.8. The Labute approximate surface area is 166 Å². The molecule has 0 amide bonds. The molecule has 2 rings (SSSR count). The van der Waals surface area contributed by atoms with Gasteiger partial charge in [-0.05, 0) is 52.3 Å². The fourth-order valence-electron chi connectivity index (χ4n) is 2.40. The molecule has 1 aromatic rings. The van der Waals surface area contributed by atoms with Crippen LogP contribution in [0, 0.1) is 0 Å². The van der Waals surface area contributed by atoms with E-state index in [0.717, 1.165) is 29.9 Å². The number of allylic oxidation sites excluding steroid dienone is 1. The summed E-state index contributed by atoms with van der Waals surface area (Å²) in [6.45, 7) is 16.4. The van der Waals surface area contributed by atoms with Crippen LogP contribution in [0.4, 0.5) is 0 Å². The smallest absolute Gasteiger partial charge is 0.161 e. The molecule has 1 aliphatic heterocycles. The lowest BCUT2D eigenvalue weighted by molar-refractivity contribution is -0.178. The minimum atomic E-state index is -0.372. The molecule has 5 nitrogen and oxygen atoms in total. The van der Waals surface area contributed by atoms with Gasteiger partial charge >= 0.3 is 0 Å². The minimum Gasteiger partial charge on any atom is -0.490 e. The minimum absolute atomic E-state index is 0. The number of benzene rings is 1. The van der Waals surface area contributed by atoms with Crippen LogP contribution < -0.4 is 15.2 Å². The standard InChI is InChI=1S/C19H31NO4.C3H6.H2/c1-18(2)19(3,4)24-12-6-10-22-17-13-15(14-20)7-8-16(17)21-9-5-11-23-18;1-3-2;/h7-8,13H,5-6,9-12,14,20H2,1-4H3;3H,1H2,2H3;1H. The maximum atomic E-state index is 6.07. The first-order valence-electron chi connectivity index (χ1n) is 9.71. The van der Waals surface area contributed by atoms with Gasteiger partial charge in [0.2, 0.25) is 0 Å². The zero-order valence-corrected chi connectivity index (χ0v) is 17.7. The molecular weight excluding hydrogens is 342 g/mol. The summed E-state index contributed by atoms with van der Waals surface area (Å²) in [5, 5.41) is 0. The topological polar surface area (TPSA) is 62.9 Å². The van der Waals surface area contributed by atoms with Crippen LogP contribution in [0.1, 0.15) is 54.5 Å². The van der Waals surface area contributed by atoms with Gasteiger partial charge < -0.3 is 24.7 Å². The molecule has 0 aliphatic carbocycles. The summed E-state index contributed by atoms with van der Waals surface area (Å²) in [6, 6.07) is 5.84. The van der Waals surface area contributed by atoms with Crippen LogP contribution >= 0.6 is 0 Å². The lowest BCUT2D eigenvalue weighted by Crippen LogP contribution is -2.50. The average Bonchev–Trinajstić information content (AvgIpc) is 2.61. The van der Waals surface area contributed by atoms with Crippen molar-refractivity contribution in [3.63, 3.8) is 0 Å². The molecule has 1 heterocycles. The van der Waals surface area contributed by atoms with Gasteiger partial charge in [-0.2, -0.15) is 0 Å². The summed E-state index contributed by atoms with van der Waals surface area (Å²) in [7, 11) is 0. The van der Waals surface area contributed by atoms with Gasteiger partial charge in [-0.15, -0.1) is 6.58 Å². The molecule has 1 aliphatic rings. The number of hydrogen-bond donors (Lipinski definition) is 1. The summed E-state index contributed by atoms with van der Waals surface area (Å²) < 4.78 is 23.9. The zero-order valence-electron chi connectivity index (χ0n) is 17.7. The molecule has 0 spiro atoms. The highest BCUT2D eigenvalue weighted by atomic mass is 16.6. The molecule has 0 unspecified atom stereocenters. The maximum Gasteiger partial charge on any atom is 0.161 e. The molecule has 0 radical (unpaired) electrons. The molecule has 0 fully saturated rings. The highest BCUT2D eigenvalue weighted by Crippen LogP contribution is 2.31. The predicted molar refractivity (Wildman–Crippen MR) is 113 cm³/mol.